The molecule has 25 heavy (non-hydrogen) atoms. The van der Waals surface area contributed by atoms with E-state index in [1.54, 1.807) is 37.3 Å². The molecule has 0 aromatic heterocycles. The molecule has 0 spiro atoms. The van der Waals surface area contributed by atoms with E-state index in [1.165, 1.54) is 4.31 Å². The van der Waals surface area contributed by atoms with Crippen LogP contribution in [0.15, 0.2) is 41.3 Å². The second kappa shape index (κ2) is 6.03. The lowest BCUT2D eigenvalue weighted by atomic mass is 10.1. The van der Waals surface area contributed by atoms with Gasteiger partial charge in [0.05, 0.1) is 22.5 Å². The van der Waals surface area contributed by atoms with Gasteiger partial charge in [0.25, 0.3) is 10.0 Å². The Labute approximate surface area is 148 Å². The molecule has 2 aromatic rings. The monoisotopic (exact) mass is 380 g/mol. The van der Waals surface area contributed by atoms with Crippen molar-refractivity contribution in [3.8, 4) is 0 Å². The molecular weight excluding hydrogens is 360 g/mol. The van der Waals surface area contributed by atoms with E-state index in [4.69, 9.17) is 0 Å². The molecule has 6 nitrogen and oxygen atoms in total. The summed E-state index contributed by atoms with van der Waals surface area (Å²) in [6.45, 7) is 4.02. The maximum Gasteiger partial charge on any atom is 0.262 e. The Hall–Kier alpha value is -2.06. The summed E-state index contributed by atoms with van der Waals surface area (Å²) in [6.07, 6.45) is 1.76. The van der Waals surface area contributed by atoms with Crippen LogP contribution in [0.1, 0.15) is 16.7 Å². The van der Waals surface area contributed by atoms with E-state index >= 15 is 0 Å². The van der Waals surface area contributed by atoms with Crippen LogP contribution in [0.3, 0.4) is 0 Å². The minimum Gasteiger partial charge on any atom is -0.280 e. The number of nitrogens with one attached hydrogen (secondary N) is 1. The molecule has 1 aliphatic rings. The molecule has 0 saturated carbocycles. The van der Waals surface area contributed by atoms with Crippen molar-refractivity contribution >= 4 is 31.4 Å². The van der Waals surface area contributed by atoms with Crippen LogP contribution in [0.4, 0.5) is 11.4 Å². The second-order valence-electron chi connectivity index (χ2n) is 6.30. The highest BCUT2D eigenvalue weighted by Crippen LogP contribution is 2.33. The van der Waals surface area contributed by atoms with Gasteiger partial charge in [-0.1, -0.05) is 23.8 Å². The van der Waals surface area contributed by atoms with E-state index in [2.05, 4.69) is 4.72 Å². The summed E-state index contributed by atoms with van der Waals surface area (Å²) in [5.74, 6) is 0. The summed E-state index contributed by atoms with van der Waals surface area (Å²) in [5, 5.41) is 0. The van der Waals surface area contributed by atoms with Gasteiger partial charge in [0.15, 0.2) is 0 Å². The molecule has 0 atom stereocenters. The van der Waals surface area contributed by atoms with Crippen molar-refractivity contribution in [2.75, 3.05) is 21.8 Å². The van der Waals surface area contributed by atoms with Gasteiger partial charge in [-0.25, -0.2) is 16.8 Å². The van der Waals surface area contributed by atoms with E-state index in [1.807, 2.05) is 13.0 Å². The predicted octanol–water partition coefficient (Wildman–Crippen LogP) is 2.43. The zero-order valence-corrected chi connectivity index (χ0v) is 15.9. The Bertz CT molecular complexity index is 1040. The Morgan fingerprint density at radius 2 is 1.72 bits per heavy atom. The van der Waals surface area contributed by atoms with Gasteiger partial charge in [-0.05, 0) is 49.6 Å². The molecule has 0 bridgehead atoms. The van der Waals surface area contributed by atoms with Gasteiger partial charge in [-0.15, -0.1) is 0 Å². The Morgan fingerprint density at radius 1 is 1.00 bits per heavy atom. The number of anilines is 2. The first-order chi connectivity index (χ1) is 11.6. The minimum atomic E-state index is -3.75. The molecule has 1 N–H and O–H groups in total. The molecule has 134 valence electrons. The SMILES string of the molecule is Cc1ccc(S(=O)(=O)Nc2ccc3c(c2)N(S(C)(=O)=O)CC3)c(C)c1. The van der Waals surface area contributed by atoms with Crippen LogP contribution in [0, 0.1) is 13.8 Å². The van der Waals surface area contributed by atoms with Gasteiger partial charge in [-0.2, -0.15) is 0 Å². The zero-order chi connectivity index (χ0) is 18.4. The summed E-state index contributed by atoms with van der Waals surface area (Å²) in [4.78, 5) is 0.207. The molecule has 0 saturated heterocycles. The first-order valence-corrected chi connectivity index (χ1v) is 11.1. The second-order valence-corrected chi connectivity index (χ2v) is 9.86. The molecule has 0 aliphatic carbocycles. The highest BCUT2D eigenvalue weighted by Gasteiger charge is 2.27. The highest BCUT2D eigenvalue weighted by atomic mass is 32.2. The summed E-state index contributed by atoms with van der Waals surface area (Å²) in [7, 11) is -7.13. The minimum absolute atomic E-state index is 0.207. The van der Waals surface area contributed by atoms with Crippen LogP contribution in [0.5, 0.6) is 0 Å². The van der Waals surface area contributed by atoms with Crippen LogP contribution in [-0.2, 0) is 26.5 Å². The molecule has 1 aliphatic heterocycles. The summed E-state index contributed by atoms with van der Waals surface area (Å²) < 4.78 is 52.9. The van der Waals surface area contributed by atoms with E-state index in [0.717, 1.165) is 17.4 Å². The molecule has 0 radical (unpaired) electrons. The van der Waals surface area contributed by atoms with Gasteiger partial charge < -0.3 is 0 Å². The standard InChI is InChI=1S/C17H20N2O4S2/c1-12-4-7-17(13(2)10-12)25(22,23)18-15-6-5-14-8-9-19(16(14)11-15)24(3,20)21/h4-7,10-11,18H,8-9H2,1-3H3. The van der Waals surface area contributed by atoms with Crippen LogP contribution in [0.2, 0.25) is 0 Å². The lowest BCUT2D eigenvalue weighted by Crippen LogP contribution is -2.27. The number of benzene rings is 2. The van der Waals surface area contributed by atoms with Gasteiger partial charge >= 0.3 is 0 Å². The average molecular weight is 380 g/mol. The number of nitrogens with zero attached hydrogens (tertiary/aromatic N) is 1. The van der Waals surface area contributed by atoms with Crippen LogP contribution in [-0.4, -0.2) is 29.6 Å². The van der Waals surface area contributed by atoms with Crippen LogP contribution in [0.25, 0.3) is 0 Å². The first kappa shape index (κ1) is 17.8. The fraction of sp³-hybridized carbons (Fsp3) is 0.294. The fourth-order valence-electron chi connectivity index (χ4n) is 3.07. The molecule has 1 heterocycles. The fourth-order valence-corrected chi connectivity index (χ4v) is 5.30. The quantitative estimate of drug-likeness (QED) is 0.883. The number of fused-ring (bicyclic) bond motifs is 1. The first-order valence-electron chi connectivity index (χ1n) is 7.79. The van der Waals surface area contributed by atoms with Crippen molar-refractivity contribution < 1.29 is 16.8 Å². The third-order valence-corrected chi connectivity index (χ3v) is 6.93. The Kier molecular flexibility index (Phi) is 4.28. The lowest BCUT2D eigenvalue weighted by Gasteiger charge is -2.18. The Morgan fingerprint density at radius 3 is 2.36 bits per heavy atom. The van der Waals surface area contributed by atoms with Gasteiger partial charge in [-0.3, -0.25) is 9.03 Å². The third-order valence-electron chi connectivity index (χ3n) is 4.21. The number of sulfonamides is 2. The summed E-state index contributed by atoms with van der Waals surface area (Å²) in [5.41, 5.74) is 3.40. The van der Waals surface area contributed by atoms with Crippen molar-refractivity contribution in [1.29, 1.82) is 0 Å². The van der Waals surface area contributed by atoms with Crippen molar-refractivity contribution in [3.05, 3.63) is 53.1 Å². The summed E-state index contributed by atoms with van der Waals surface area (Å²) in [6, 6.07) is 10.1. The van der Waals surface area contributed by atoms with Crippen molar-refractivity contribution in [2.24, 2.45) is 0 Å². The molecule has 3 rings (SSSR count). The number of hydrogen-bond donors (Lipinski definition) is 1. The third kappa shape index (κ3) is 3.50. The number of aryl methyl sites for hydroxylation is 2. The normalized spacial score (nSPS) is 14.4. The van der Waals surface area contributed by atoms with E-state index in [0.29, 0.717) is 29.9 Å². The molecular formula is C17H20N2O4S2. The maximum atomic E-state index is 12.7. The van der Waals surface area contributed by atoms with Crippen molar-refractivity contribution in [2.45, 2.75) is 25.2 Å². The lowest BCUT2D eigenvalue weighted by molar-refractivity contribution is 0.597. The van der Waals surface area contributed by atoms with Crippen molar-refractivity contribution in [1.82, 2.24) is 0 Å². The molecule has 2 aromatic carbocycles. The zero-order valence-electron chi connectivity index (χ0n) is 14.3. The molecule has 0 unspecified atom stereocenters. The number of rotatable bonds is 4. The van der Waals surface area contributed by atoms with Crippen LogP contribution >= 0.6 is 0 Å². The van der Waals surface area contributed by atoms with E-state index in [-0.39, 0.29) is 4.90 Å². The van der Waals surface area contributed by atoms with E-state index < -0.39 is 20.0 Å². The van der Waals surface area contributed by atoms with Crippen molar-refractivity contribution in [3.63, 3.8) is 0 Å². The summed E-state index contributed by atoms with van der Waals surface area (Å²) >= 11 is 0. The molecule has 0 amide bonds. The number of hydrogen-bond acceptors (Lipinski definition) is 4. The van der Waals surface area contributed by atoms with Gasteiger partial charge in [0.2, 0.25) is 10.0 Å². The van der Waals surface area contributed by atoms with E-state index in [9.17, 15) is 16.8 Å². The van der Waals surface area contributed by atoms with Crippen LogP contribution < -0.4 is 9.03 Å². The average Bonchev–Trinajstić information content (AvgIpc) is 2.89. The van der Waals surface area contributed by atoms with Gasteiger partial charge in [0.1, 0.15) is 0 Å². The molecule has 8 heteroatoms. The molecule has 0 fully saturated rings. The maximum absolute atomic E-state index is 12.7. The smallest absolute Gasteiger partial charge is 0.262 e. The predicted molar refractivity (Wildman–Crippen MR) is 99.1 cm³/mol. The Balaban J connectivity index is 1.96. The highest BCUT2D eigenvalue weighted by molar-refractivity contribution is 7.93. The van der Waals surface area contributed by atoms with Gasteiger partial charge in [0, 0.05) is 6.54 Å². The topological polar surface area (TPSA) is 83.6 Å². The largest absolute Gasteiger partial charge is 0.280 e.